The van der Waals surface area contributed by atoms with Crippen LogP contribution in [0.1, 0.15) is 19.8 Å². The number of rotatable bonds is 4. The Morgan fingerprint density at radius 2 is 2.44 bits per heavy atom. The Bertz CT molecular complexity index is 197. The van der Waals surface area contributed by atoms with Gasteiger partial charge in [-0.3, -0.25) is 0 Å². The molecule has 0 saturated carbocycles. The second-order valence-electron chi connectivity index (χ2n) is 4.72. The molecule has 0 spiro atoms. The van der Waals surface area contributed by atoms with Gasteiger partial charge in [-0.25, -0.2) is 0 Å². The van der Waals surface area contributed by atoms with Gasteiger partial charge >= 0.3 is 0 Å². The van der Waals surface area contributed by atoms with Gasteiger partial charge in [-0.15, -0.1) is 0 Å². The van der Waals surface area contributed by atoms with Gasteiger partial charge in [0.2, 0.25) is 0 Å². The third-order valence-electron chi connectivity index (χ3n) is 3.47. The zero-order valence-electron chi connectivity index (χ0n) is 10.3. The molecule has 16 heavy (non-hydrogen) atoms. The van der Waals surface area contributed by atoms with E-state index in [2.05, 4.69) is 28.9 Å². The number of ether oxygens (including phenoxy) is 1. The van der Waals surface area contributed by atoms with Crippen LogP contribution in [-0.2, 0) is 4.74 Å². The Morgan fingerprint density at radius 3 is 3.19 bits per heavy atom. The molecule has 2 heterocycles. The third kappa shape index (κ3) is 3.91. The van der Waals surface area contributed by atoms with Crippen LogP contribution in [0.2, 0.25) is 0 Å². The quantitative estimate of drug-likeness (QED) is 0.803. The smallest absolute Gasteiger partial charge is 0.0620 e. The molecule has 0 radical (unpaired) electrons. The molecule has 0 aromatic rings. The number of nitrogens with one attached hydrogen (secondary N) is 1. The van der Waals surface area contributed by atoms with Crippen molar-refractivity contribution in [3.05, 3.63) is 0 Å². The highest BCUT2D eigenvalue weighted by Crippen LogP contribution is 2.21. The zero-order chi connectivity index (χ0) is 11.2. The number of hydrogen-bond donors (Lipinski definition) is 1. The first-order valence-corrected chi connectivity index (χ1v) is 7.58. The molecule has 0 bridgehead atoms. The Balaban J connectivity index is 1.64. The molecule has 2 unspecified atom stereocenters. The van der Waals surface area contributed by atoms with Crippen LogP contribution in [0.25, 0.3) is 0 Å². The summed E-state index contributed by atoms with van der Waals surface area (Å²) < 4.78 is 5.48. The molecular formula is C12H24N2OS. The van der Waals surface area contributed by atoms with Crippen LogP contribution < -0.4 is 5.32 Å². The van der Waals surface area contributed by atoms with E-state index in [-0.39, 0.29) is 0 Å². The van der Waals surface area contributed by atoms with E-state index in [9.17, 15) is 0 Å². The Hall–Kier alpha value is 0.230. The topological polar surface area (TPSA) is 24.5 Å². The lowest BCUT2D eigenvalue weighted by Gasteiger charge is -2.33. The van der Waals surface area contributed by atoms with E-state index < -0.39 is 0 Å². The number of thioether (sulfide) groups is 1. The van der Waals surface area contributed by atoms with E-state index in [1.807, 2.05) is 0 Å². The van der Waals surface area contributed by atoms with Crippen molar-refractivity contribution < 1.29 is 4.74 Å². The van der Waals surface area contributed by atoms with Crippen molar-refractivity contribution in [2.24, 2.45) is 0 Å². The molecule has 0 aliphatic carbocycles. The molecule has 2 atom stereocenters. The van der Waals surface area contributed by atoms with Crippen molar-refractivity contribution in [1.82, 2.24) is 10.2 Å². The first kappa shape index (κ1) is 12.7. The van der Waals surface area contributed by atoms with Crippen LogP contribution >= 0.6 is 11.8 Å². The number of morpholine rings is 1. The van der Waals surface area contributed by atoms with Crippen LogP contribution in [0.5, 0.6) is 0 Å². The first-order chi connectivity index (χ1) is 7.88. The van der Waals surface area contributed by atoms with Crippen molar-refractivity contribution in [3.8, 4) is 0 Å². The van der Waals surface area contributed by atoms with Crippen LogP contribution in [0.4, 0.5) is 0 Å². The van der Waals surface area contributed by atoms with Gasteiger partial charge in [-0.1, -0.05) is 6.92 Å². The van der Waals surface area contributed by atoms with Gasteiger partial charge in [0.05, 0.1) is 13.2 Å². The minimum atomic E-state index is 0.586. The van der Waals surface area contributed by atoms with Crippen LogP contribution in [0.3, 0.4) is 0 Å². The van der Waals surface area contributed by atoms with Gasteiger partial charge in [-0.2, -0.15) is 11.8 Å². The van der Waals surface area contributed by atoms with Gasteiger partial charge in [0.1, 0.15) is 0 Å². The lowest BCUT2D eigenvalue weighted by atomic mass is 10.2. The van der Waals surface area contributed by atoms with E-state index in [1.54, 1.807) is 0 Å². The van der Waals surface area contributed by atoms with Crippen LogP contribution in [0, 0.1) is 0 Å². The van der Waals surface area contributed by atoms with Gasteiger partial charge < -0.3 is 15.0 Å². The minimum Gasteiger partial charge on any atom is -0.379 e. The maximum Gasteiger partial charge on any atom is 0.0620 e. The molecule has 2 fully saturated rings. The fraction of sp³-hybridized carbons (Fsp3) is 1.00. The maximum atomic E-state index is 5.48. The summed E-state index contributed by atoms with van der Waals surface area (Å²) in [4.78, 5) is 2.63. The molecule has 2 aliphatic heterocycles. The molecule has 3 nitrogen and oxygen atoms in total. The Labute approximate surface area is 103 Å². The van der Waals surface area contributed by atoms with Crippen LogP contribution in [-0.4, -0.2) is 61.3 Å². The van der Waals surface area contributed by atoms with Crippen molar-refractivity contribution in [3.63, 3.8) is 0 Å². The molecule has 1 N–H and O–H groups in total. The normalized spacial score (nSPS) is 32.8. The van der Waals surface area contributed by atoms with E-state index in [1.165, 1.54) is 38.2 Å². The molecule has 2 saturated heterocycles. The number of hydrogen-bond acceptors (Lipinski definition) is 4. The van der Waals surface area contributed by atoms with Gasteiger partial charge in [-0.05, 0) is 19.4 Å². The molecule has 2 rings (SSSR count). The van der Waals surface area contributed by atoms with Crippen LogP contribution in [0.15, 0.2) is 0 Å². The fourth-order valence-electron chi connectivity index (χ4n) is 2.37. The molecule has 2 aliphatic rings. The number of nitrogens with zero attached hydrogens (tertiary/aromatic N) is 1. The second-order valence-corrected chi connectivity index (χ2v) is 6.12. The summed E-state index contributed by atoms with van der Waals surface area (Å²) in [6.45, 7) is 8.91. The maximum absolute atomic E-state index is 5.48. The summed E-state index contributed by atoms with van der Waals surface area (Å²) in [6.07, 6.45) is 2.55. The van der Waals surface area contributed by atoms with Crippen molar-refractivity contribution in [2.45, 2.75) is 31.1 Å². The summed E-state index contributed by atoms with van der Waals surface area (Å²) in [7, 11) is 0. The first-order valence-electron chi connectivity index (χ1n) is 6.53. The highest BCUT2D eigenvalue weighted by atomic mass is 32.2. The summed E-state index contributed by atoms with van der Waals surface area (Å²) in [6, 6.07) is 0.586. The molecule has 94 valence electrons. The van der Waals surface area contributed by atoms with Gasteiger partial charge in [0, 0.05) is 36.7 Å². The van der Waals surface area contributed by atoms with Crippen molar-refractivity contribution >= 4 is 11.8 Å². The largest absolute Gasteiger partial charge is 0.379 e. The molecule has 4 heteroatoms. The summed E-state index contributed by atoms with van der Waals surface area (Å²) in [5.41, 5.74) is 0. The highest BCUT2D eigenvalue weighted by Gasteiger charge is 2.20. The SMILES string of the molecule is CCC1CN(CCC2COCCN2)CCS1. The second kappa shape index (κ2) is 6.84. The molecule has 0 aromatic heterocycles. The van der Waals surface area contributed by atoms with Crippen molar-refractivity contribution in [1.29, 1.82) is 0 Å². The minimum absolute atomic E-state index is 0.586. The molecule has 0 aromatic carbocycles. The lowest BCUT2D eigenvalue weighted by molar-refractivity contribution is 0.0701. The monoisotopic (exact) mass is 244 g/mol. The zero-order valence-corrected chi connectivity index (χ0v) is 11.1. The molecular weight excluding hydrogens is 220 g/mol. The van der Waals surface area contributed by atoms with Gasteiger partial charge in [0.25, 0.3) is 0 Å². The average molecular weight is 244 g/mol. The van der Waals surface area contributed by atoms with Crippen molar-refractivity contribution in [2.75, 3.05) is 45.1 Å². The summed E-state index contributed by atoms with van der Waals surface area (Å²) >= 11 is 2.15. The average Bonchev–Trinajstić information content (AvgIpc) is 2.38. The standard InChI is InChI=1S/C12H24N2OS/c1-2-12-9-14(6-8-16-12)5-3-11-10-15-7-4-13-11/h11-13H,2-10H2,1H3. The molecule has 0 amide bonds. The predicted molar refractivity (Wildman–Crippen MR) is 70.2 cm³/mol. The van der Waals surface area contributed by atoms with E-state index >= 15 is 0 Å². The lowest BCUT2D eigenvalue weighted by Crippen LogP contribution is -2.45. The fourth-order valence-corrected chi connectivity index (χ4v) is 3.62. The Kier molecular flexibility index (Phi) is 5.42. The Morgan fingerprint density at radius 1 is 1.50 bits per heavy atom. The summed E-state index contributed by atoms with van der Waals surface area (Å²) in [5, 5.41) is 4.39. The van der Waals surface area contributed by atoms with E-state index in [0.717, 1.165) is 25.0 Å². The summed E-state index contributed by atoms with van der Waals surface area (Å²) in [5.74, 6) is 1.31. The highest BCUT2D eigenvalue weighted by molar-refractivity contribution is 8.00. The van der Waals surface area contributed by atoms with E-state index in [0.29, 0.717) is 6.04 Å². The van der Waals surface area contributed by atoms with Gasteiger partial charge in [0.15, 0.2) is 0 Å². The third-order valence-corrected chi connectivity index (χ3v) is 4.84. The predicted octanol–water partition coefficient (Wildman–Crippen LogP) is 1.19. The van der Waals surface area contributed by atoms with E-state index in [4.69, 9.17) is 4.74 Å².